The summed E-state index contributed by atoms with van der Waals surface area (Å²) in [6.07, 6.45) is 2.02. The quantitative estimate of drug-likeness (QED) is 0.553. The highest BCUT2D eigenvalue weighted by Gasteiger charge is 2.28. The maximum absolute atomic E-state index is 13.0. The van der Waals surface area contributed by atoms with Crippen molar-refractivity contribution in [2.75, 3.05) is 10.7 Å². The number of hydrogen-bond acceptors (Lipinski definition) is 4. The number of para-hydroxylation sites is 3. The van der Waals surface area contributed by atoms with E-state index in [1.54, 1.807) is 0 Å². The van der Waals surface area contributed by atoms with Crippen LogP contribution in [-0.2, 0) is 11.2 Å². The fourth-order valence-corrected chi connectivity index (χ4v) is 4.62. The third kappa shape index (κ3) is 2.70. The lowest BCUT2D eigenvalue weighted by atomic mass is 9.97. The second kappa shape index (κ2) is 6.42. The van der Waals surface area contributed by atoms with Crippen LogP contribution in [0.4, 0.5) is 5.69 Å². The zero-order valence-electron chi connectivity index (χ0n) is 14.9. The summed E-state index contributed by atoms with van der Waals surface area (Å²) in [5.74, 6) is 1.15. The molecule has 0 spiro atoms. The van der Waals surface area contributed by atoms with E-state index in [1.165, 1.54) is 17.3 Å². The van der Waals surface area contributed by atoms with Gasteiger partial charge in [0, 0.05) is 11.7 Å². The second-order valence-corrected chi connectivity index (χ2v) is 7.78. The minimum absolute atomic E-state index is 0.111. The number of thioether (sulfide) groups is 1. The molecule has 2 aromatic carbocycles. The van der Waals surface area contributed by atoms with Crippen LogP contribution in [0.25, 0.3) is 16.8 Å². The molecule has 1 N–H and O–H groups in total. The number of carbonyl (C=O) groups is 1. The van der Waals surface area contributed by atoms with Crippen molar-refractivity contribution in [2.24, 2.45) is 0 Å². The van der Waals surface area contributed by atoms with Gasteiger partial charge in [-0.3, -0.25) is 9.20 Å². The molecule has 1 amide bonds. The van der Waals surface area contributed by atoms with Gasteiger partial charge in [-0.1, -0.05) is 42.1 Å². The number of aryl methyl sites for hydroxylation is 1. The largest absolute Gasteiger partial charge is 0.309 e. The van der Waals surface area contributed by atoms with E-state index in [0.717, 1.165) is 34.7 Å². The molecule has 0 fully saturated rings. The van der Waals surface area contributed by atoms with E-state index in [1.807, 2.05) is 51.8 Å². The van der Waals surface area contributed by atoms with Crippen LogP contribution >= 0.6 is 11.8 Å². The normalized spacial score (nSPS) is 16.8. The molecule has 0 radical (unpaired) electrons. The molecule has 4 aromatic rings. The summed E-state index contributed by atoms with van der Waals surface area (Å²) in [4.78, 5) is 19.5. The Morgan fingerprint density at radius 2 is 2.04 bits per heavy atom. The molecule has 0 aliphatic carbocycles. The van der Waals surface area contributed by atoms with Crippen molar-refractivity contribution >= 4 is 40.2 Å². The van der Waals surface area contributed by atoms with Crippen LogP contribution in [0, 0.1) is 0 Å². The number of benzene rings is 2. The van der Waals surface area contributed by atoms with Crippen molar-refractivity contribution < 1.29 is 4.79 Å². The maximum atomic E-state index is 13.0. The minimum Gasteiger partial charge on any atom is -0.309 e. The van der Waals surface area contributed by atoms with Crippen LogP contribution < -0.4 is 4.90 Å². The van der Waals surface area contributed by atoms with Crippen LogP contribution in [0.2, 0.25) is 0 Å². The number of fused-ring (bicyclic) bond motifs is 4. The number of carbonyl (C=O) groups excluding carboxylic acids is 1. The topological polar surface area (TPSA) is 66.3 Å². The molecule has 0 saturated heterocycles. The predicted molar refractivity (Wildman–Crippen MR) is 107 cm³/mol. The Hall–Kier alpha value is -2.80. The van der Waals surface area contributed by atoms with Gasteiger partial charge >= 0.3 is 0 Å². The molecule has 5 rings (SSSR count). The summed E-state index contributed by atoms with van der Waals surface area (Å²) >= 11 is 1.44. The Morgan fingerprint density at radius 1 is 1.22 bits per heavy atom. The van der Waals surface area contributed by atoms with E-state index in [4.69, 9.17) is 0 Å². The van der Waals surface area contributed by atoms with Crippen molar-refractivity contribution in [3.8, 4) is 0 Å². The van der Waals surface area contributed by atoms with Crippen molar-refractivity contribution in [3.63, 3.8) is 0 Å². The van der Waals surface area contributed by atoms with Gasteiger partial charge in [0.05, 0.1) is 16.8 Å². The summed E-state index contributed by atoms with van der Waals surface area (Å²) in [6, 6.07) is 16.3. The van der Waals surface area contributed by atoms with Crippen molar-refractivity contribution in [1.82, 2.24) is 19.6 Å². The lowest BCUT2D eigenvalue weighted by Gasteiger charge is -2.35. The number of amides is 1. The lowest BCUT2D eigenvalue weighted by Crippen LogP contribution is -2.43. The number of anilines is 1. The summed E-state index contributed by atoms with van der Waals surface area (Å²) in [7, 11) is 0. The highest BCUT2D eigenvalue weighted by molar-refractivity contribution is 7.99. The van der Waals surface area contributed by atoms with Gasteiger partial charge in [-0.05, 0) is 43.5 Å². The number of imidazole rings is 1. The van der Waals surface area contributed by atoms with Crippen LogP contribution in [-0.4, -0.2) is 37.3 Å². The van der Waals surface area contributed by atoms with E-state index in [0.29, 0.717) is 11.5 Å². The molecule has 1 aliphatic heterocycles. The standard InChI is InChI=1S/C20H19N5OS/c1-13-10-11-14-6-2-4-8-16(14)24(13)18(26)12-27-20-23-22-19-21-15-7-3-5-9-17(15)25(19)20/h2-9,13H,10-12H2,1H3,(H,21,22)/t13-/m1/s1. The third-order valence-corrected chi connectivity index (χ3v) is 6.04. The highest BCUT2D eigenvalue weighted by Crippen LogP contribution is 2.31. The van der Waals surface area contributed by atoms with Gasteiger partial charge in [0.1, 0.15) is 0 Å². The molecule has 1 atom stereocenters. The van der Waals surface area contributed by atoms with Crippen molar-refractivity contribution in [1.29, 1.82) is 0 Å². The Labute approximate surface area is 160 Å². The van der Waals surface area contributed by atoms with Gasteiger partial charge in [0.15, 0.2) is 5.16 Å². The second-order valence-electron chi connectivity index (χ2n) is 6.83. The SMILES string of the molecule is C[C@@H]1CCc2ccccc2N1C(=O)CSc1n[nH]c2nc3ccccc3n12. The van der Waals surface area contributed by atoms with E-state index in [2.05, 4.69) is 28.2 Å². The molecule has 136 valence electrons. The first-order chi connectivity index (χ1) is 13.2. The molecule has 2 aromatic heterocycles. The van der Waals surface area contributed by atoms with E-state index >= 15 is 0 Å². The average Bonchev–Trinajstić information content (AvgIpc) is 3.25. The molecule has 1 aliphatic rings. The summed E-state index contributed by atoms with van der Waals surface area (Å²) in [5.41, 5.74) is 4.20. The predicted octanol–water partition coefficient (Wildman–Crippen LogP) is 3.67. The molecule has 3 heterocycles. The number of aromatic nitrogens is 4. The number of rotatable bonds is 3. The van der Waals surface area contributed by atoms with E-state index < -0.39 is 0 Å². The summed E-state index contributed by atoms with van der Waals surface area (Å²) in [6.45, 7) is 2.12. The van der Waals surface area contributed by atoms with Gasteiger partial charge in [0.25, 0.3) is 0 Å². The monoisotopic (exact) mass is 377 g/mol. The van der Waals surface area contributed by atoms with Gasteiger partial charge in [-0.2, -0.15) is 0 Å². The average molecular weight is 377 g/mol. The van der Waals surface area contributed by atoms with Crippen LogP contribution in [0.15, 0.2) is 53.7 Å². The van der Waals surface area contributed by atoms with Gasteiger partial charge in [-0.25, -0.2) is 10.1 Å². The molecule has 27 heavy (non-hydrogen) atoms. The van der Waals surface area contributed by atoms with Crippen LogP contribution in [0.5, 0.6) is 0 Å². The van der Waals surface area contributed by atoms with Gasteiger partial charge < -0.3 is 4.90 Å². The summed E-state index contributed by atoms with van der Waals surface area (Å²) in [5, 5.41) is 8.07. The maximum Gasteiger partial charge on any atom is 0.237 e. The van der Waals surface area contributed by atoms with E-state index in [-0.39, 0.29) is 11.9 Å². The fourth-order valence-electron chi connectivity index (χ4n) is 3.80. The van der Waals surface area contributed by atoms with Crippen LogP contribution in [0.1, 0.15) is 18.9 Å². The number of H-pyrrole nitrogens is 1. The Balaban J connectivity index is 1.42. The van der Waals surface area contributed by atoms with Gasteiger partial charge in [-0.15, -0.1) is 5.10 Å². The van der Waals surface area contributed by atoms with E-state index in [9.17, 15) is 4.79 Å². The summed E-state index contributed by atoms with van der Waals surface area (Å²) < 4.78 is 1.97. The zero-order chi connectivity index (χ0) is 18.4. The number of hydrogen-bond donors (Lipinski definition) is 1. The molecule has 0 bridgehead atoms. The Bertz CT molecular complexity index is 1150. The Morgan fingerprint density at radius 3 is 2.96 bits per heavy atom. The number of nitrogens with zero attached hydrogens (tertiary/aromatic N) is 4. The highest BCUT2D eigenvalue weighted by atomic mass is 32.2. The molecule has 7 heteroatoms. The molecular formula is C20H19N5OS. The Kier molecular flexibility index (Phi) is 3.89. The molecule has 0 saturated carbocycles. The van der Waals surface area contributed by atoms with Gasteiger partial charge in [0.2, 0.25) is 11.7 Å². The minimum atomic E-state index is 0.111. The lowest BCUT2D eigenvalue weighted by molar-refractivity contribution is -0.116. The number of aromatic amines is 1. The molecule has 6 nitrogen and oxygen atoms in total. The van der Waals surface area contributed by atoms with Crippen LogP contribution in [0.3, 0.4) is 0 Å². The number of nitrogens with one attached hydrogen (secondary N) is 1. The third-order valence-electron chi connectivity index (χ3n) is 5.12. The molecule has 0 unspecified atom stereocenters. The smallest absolute Gasteiger partial charge is 0.237 e. The van der Waals surface area contributed by atoms with Crippen molar-refractivity contribution in [3.05, 3.63) is 54.1 Å². The first-order valence-electron chi connectivity index (χ1n) is 9.06. The zero-order valence-corrected chi connectivity index (χ0v) is 15.7. The van der Waals surface area contributed by atoms with Crippen molar-refractivity contribution in [2.45, 2.75) is 31.0 Å². The first-order valence-corrected chi connectivity index (χ1v) is 10.1. The first kappa shape index (κ1) is 16.4. The molecular weight excluding hydrogens is 358 g/mol. The fraction of sp³-hybridized carbons (Fsp3) is 0.250.